The third-order valence-electron chi connectivity index (χ3n) is 2.61. The molecule has 0 heterocycles. The van der Waals surface area contributed by atoms with Gasteiger partial charge in [0.1, 0.15) is 0 Å². The second-order valence-electron chi connectivity index (χ2n) is 4.20. The number of benzene rings is 1. The fourth-order valence-electron chi connectivity index (χ4n) is 1.61. The zero-order valence-corrected chi connectivity index (χ0v) is 11.6. The molecule has 18 heavy (non-hydrogen) atoms. The molecule has 3 N–H and O–H groups in total. The maximum Gasteiger partial charge on any atom is 0.239 e. The lowest BCUT2D eigenvalue weighted by Gasteiger charge is -2.20. The number of nitrogens with one attached hydrogen (secondary N) is 1. The van der Waals surface area contributed by atoms with Crippen LogP contribution in [0, 0.1) is 0 Å². The molecule has 0 radical (unpaired) electrons. The molecule has 0 fully saturated rings. The van der Waals surface area contributed by atoms with E-state index in [1.165, 1.54) is 0 Å². The van der Waals surface area contributed by atoms with Gasteiger partial charge in [0.25, 0.3) is 0 Å². The predicted molar refractivity (Wildman–Crippen MR) is 75.9 cm³/mol. The summed E-state index contributed by atoms with van der Waals surface area (Å²) in [5.74, 6) is -0.00156. The summed E-state index contributed by atoms with van der Waals surface area (Å²) in [6.45, 7) is 3.47. The van der Waals surface area contributed by atoms with E-state index < -0.39 is 0 Å². The molecule has 1 amide bonds. The van der Waals surface area contributed by atoms with Crippen LogP contribution in [-0.4, -0.2) is 26.0 Å². The fourth-order valence-corrected chi connectivity index (χ4v) is 1.96. The van der Waals surface area contributed by atoms with Gasteiger partial charge >= 0.3 is 0 Å². The van der Waals surface area contributed by atoms with Crippen LogP contribution < -0.4 is 16.0 Å². The van der Waals surface area contributed by atoms with Crippen molar-refractivity contribution >= 4 is 23.2 Å². The number of anilines is 1. The first-order chi connectivity index (χ1) is 8.58. The zero-order valence-electron chi connectivity index (χ0n) is 10.9. The van der Waals surface area contributed by atoms with E-state index in [9.17, 15) is 4.79 Å². The quantitative estimate of drug-likeness (QED) is 0.827. The van der Waals surface area contributed by atoms with Crippen LogP contribution in [0.3, 0.4) is 0 Å². The van der Waals surface area contributed by atoms with E-state index in [0.717, 1.165) is 17.7 Å². The van der Waals surface area contributed by atoms with Crippen LogP contribution in [0.5, 0.6) is 0 Å². The minimum absolute atomic E-state index is 0.00156. The molecule has 0 aliphatic carbocycles. The van der Waals surface area contributed by atoms with Gasteiger partial charge < -0.3 is 16.0 Å². The van der Waals surface area contributed by atoms with Crippen molar-refractivity contribution in [3.05, 3.63) is 28.8 Å². The maximum absolute atomic E-state index is 11.6. The van der Waals surface area contributed by atoms with Gasteiger partial charge in [-0.05, 0) is 24.1 Å². The molecular formula is C13H20ClN3O. The molecule has 0 saturated carbocycles. The number of carbonyl (C=O) groups excluding carboxylic acids is 1. The molecule has 5 heteroatoms. The highest BCUT2D eigenvalue weighted by atomic mass is 35.5. The fraction of sp³-hybridized carbons (Fsp3) is 0.462. The first-order valence-electron chi connectivity index (χ1n) is 6.04. The number of nitrogens with zero attached hydrogens (tertiary/aromatic N) is 1. The van der Waals surface area contributed by atoms with E-state index in [1.807, 2.05) is 37.1 Å². The Hall–Kier alpha value is -1.26. The Kier molecular flexibility index (Phi) is 5.95. The van der Waals surface area contributed by atoms with Crippen LogP contribution in [0.15, 0.2) is 18.2 Å². The summed E-state index contributed by atoms with van der Waals surface area (Å²) in [5, 5.41) is 3.45. The number of likely N-dealkylation sites (N-methyl/N-ethyl adjacent to an activating group) is 1. The third-order valence-corrected chi connectivity index (χ3v) is 2.91. The van der Waals surface area contributed by atoms with E-state index in [0.29, 0.717) is 24.7 Å². The third kappa shape index (κ3) is 4.20. The van der Waals surface area contributed by atoms with Gasteiger partial charge in [0.2, 0.25) is 5.91 Å². The van der Waals surface area contributed by atoms with E-state index >= 15 is 0 Å². The topological polar surface area (TPSA) is 58.4 Å². The van der Waals surface area contributed by atoms with Crippen molar-refractivity contribution in [1.82, 2.24) is 5.32 Å². The van der Waals surface area contributed by atoms with Crippen molar-refractivity contribution in [3.63, 3.8) is 0 Å². The van der Waals surface area contributed by atoms with E-state index in [-0.39, 0.29) is 5.91 Å². The average Bonchev–Trinajstić information content (AvgIpc) is 2.35. The smallest absolute Gasteiger partial charge is 0.239 e. The maximum atomic E-state index is 11.6. The molecule has 0 unspecified atom stereocenters. The van der Waals surface area contributed by atoms with Gasteiger partial charge in [-0.2, -0.15) is 0 Å². The summed E-state index contributed by atoms with van der Waals surface area (Å²) < 4.78 is 0. The van der Waals surface area contributed by atoms with Crippen molar-refractivity contribution in [2.24, 2.45) is 5.73 Å². The number of rotatable bonds is 6. The van der Waals surface area contributed by atoms with Crippen molar-refractivity contribution < 1.29 is 4.79 Å². The minimum Gasteiger partial charge on any atom is -0.364 e. The number of hydrogen-bond acceptors (Lipinski definition) is 3. The second kappa shape index (κ2) is 7.24. The normalized spacial score (nSPS) is 10.2. The molecule has 100 valence electrons. The summed E-state index contributed by atoms with van der Waals surface area (Å²) in [4.78, 5) is 13.4. The summed E-state index contributed by atoms with van der Waals surface area (Å²) in [7, 11) is 1.84. The average molecular weight is 270 g/mol. The van der Waals surface area contributed by atoms with Crippen LogP contribution in [-0.2, 0) is 11.3 Å². The lowest BCUT2D eigenvalue weighted by Crippen LogP contribution is -2.35. The summed E-state index contributed by atoms with van der Waals surface area (Å²) in [5.41, 5.74) is 7.36. The molecule has 0 atom stereocenters. The molecule has 1 aromatic rings. The molecule has 0 saturated heterocycles. The first-order valence-corrected chi connectivity index (χ1v) is 6.42. The zero-order chi connectivity index (χ0) is 13.5. The summed E-state index contributed by atoms with van der Waals surface area (Å²) in [6.07, 6.45) is 0.932. The van der Waals surface area contributed by atoms with Crippen molar-refractivity contribution in [3.8, 4) is 0 Å². The Bertz CT molecular complexity index is 409. The molecule has 4 nitrogen and oxygen atoms in total. The highest BCUT2D eigenvalue weighted by Gasteiger charge is 2.10. The Morgan fingerprint density at radius 1 is 1.50 bits per heavy atom. The molecule has 0 aromatic heterocycles. The van der Waals surface area contributed by atoms with Gasteiger partial charge in [0.05, 0.1) is 17.3 Å². The lowest BCUT2D eigenvalue weighted by molar-refractivity contribution is -0.119. The summed E-state index contributed by atoms with van der Waals surface area (Å²) >= 11 is 6.16. The Balaban J connectivity index is 2.66. The SMILES string of the molecule is CCCNC(=O)CN(C)c1ccc(CN)cc1Cl. The number of hydrogen-bond donors (Lipinski definition) is 2. The Morgan fingerprint density at radius 3 is 2.78 bits per heavy atom. The van der Waals surface area contributed by atoms with Crippen molar-refractivity contribution in [2.45, 2.75) is 19.9 Å². The van der Waals surface area contributed by atoms with E-state index in [4.69, 9.17) is 17.3 Å². The second-order valence-corrected chi connectivity index (χ2v) is 4.60. The molecular weight excluding hydrogens is 250 g/mol. The highest BCUT2D eigenvalue weighted by molar-refractivity contribution is 6.33. The van der Waals surface area contributed by atoms with Gasteiger partial charge in [-0.15, -0.1) is 0 Å². The molecule has 0 aliphatic heterocycles. The van der Waals surface area contributed by atoms with Crippen LogP contribution in [0.2, 0.25) is 5.02 Å². The van der Waals surface area contributed by atoms with Crippen LogP contribution in [0.4, 0.5) is 5.69 Å². The van der Waals surface area contributed by atoms with Gasteiger partial charge in [-0.3, -0.25) is 4.79 Å². The largest absolute Gasteiger partial charge is 0.364 e. The molecule has 1 rings (SSSR count). The standard InChI is InChI=1S/C13H20ClN3O/c1-3-6-16-13(18)9-17(2)12-5-4-10(8-15)7-11(12)14/h4-5,7H,3,6,8-9,15H2,1-2H3,(H,16,18). The lowest BCUT2D eigenvalue weighted by atomic mass is 10.2. The van der Waals surface area contributed by atoms with Crippen molar-refractivity contribution in [2.75, 3.05) is 25.0 Å². The first kappa shape index (κ1) is 14.8. The molecule has 0 spiro atoms. The number of amides is 1. The predicted octanol–water partition coefficient (Wildman–Crippen LogP) is 1.76. The Labute approximate surface area is 113 Å². The van der Waals surface area contributed by atoms with Crippen LogP contribution in [0.1, 0.15) is 18.9 Å². The van der Waals surface area contributed by atoms with Gasteiger partial charge in [-0.1, -0.05) is 24.6 Å². The van der Waals surface area contributed by atoms with Crippen molar-refractivity contribution in [1.29, 1.82) is 0 Å². The molecule has 0 bridgehead atoms. The molecule has 1 aromatic carbocycles. The van der Waals surface area contributed by atoms with Gasteiger partial charge in [0.15, 0.2) is 0 Å². The Morgan fingerprint density at radius 2 is 2.22 bits per heavy atom. The molecule has 0 aliphatic rings. The van der Waals surface area contributed by atoms with Crippen LogP contribution >= 0.6 is 11.6 Å². The highest BCUT2D eigenvalue weighted by Crippen LogP contribution is 2.25. The minimum atomic E-state index is -0.00156. The van der Waals surface area contributed by atoms with Gasteiger partial charge in [-0.25, -0.2) is 0 Å². The van der Waals surface area contributed by atoms with Gasteiger partial charge in [0, 0.05) is 20.1 Å². The number of nitrogens with two attached hydrogens (primary N) is 1. The number of halogens is 1. The summed E-state index contributed by atoms with van der Waals surface area (Å²) in [6, 6.07) is 5.64. The number of carbonyl (C=O) groups is 1. The monoisotopic (exact) mass is 269 g/mol. The van der Waals surface area contributed by atoms with E-state index in [2.05, 4.69) is 5.32 Å². The van der Waals surface area contributed by atoms with E-state index in [1.54, 1.807) is 0 Å². The van der Waals surface area contributed by atoms with Crippen LogP contribution in [0.25, 0.3) is 0 Å².